The average Bonchev–Trinajstić information content (AvgIpc) is 3.38. The Morgan fingerprint density at radius 2 is 2.00 bits per heavy atom. The van der Waals surface area contributed by atoms with Gasteiger partial charge in [-0.3, -0.25) is 19.8 Å². The van der Waals surface area contributed by atoms with Crippen molar-refractivity contribution >= 4 is 17.3 Å². The van der Waals surface area contributed by atoms with E-state index >= 15 is 0 Å². The van der Waals surface area contributed by atoms with Gasteiger partial charge in [-0.2, -0.15) is 0 Å². The van der Waals surface area contributed by atoms with Crippen LogP contribution in [0.1, 0.15) is 19.8 Å². The zero-order chi connectivity index (χ0) is 17.3. The number of rotatable bonds is 5. The first-order valence-corrected chi connectivity index (χ1v) is 8.19. The largest absolute Gasteiger partial charge is 0.363 e. The predicted octanol–water partition coefficient (Wildman–Crippen LogP) is 1.52. The lowest BCUT2D eigenvalue weighted by Gasteiger charge is -2.38. The minimum Gasteiger partial charge on any atom is -0.363 e. The molecule has 1 aliphatic heterocycles. The number of piperazine rings is 1. The minimum atomic E-state index is -0.493. The van der Waals surface area contributed by atoms with Gasteiger partial charge in [-0.25, -0.2) is 4.39 Å². The van der Waals surface area contributed by atoms with Gasteiger partial charge in [0, 0.05) is 44.4 Å². The summed E-state index contributed by atoms with van der Waals surface area (Å²) in [5.74, 6) is -0.460. The van der Waals surface area contributed by atoms with E-state index in [4.69, 9.17) is 0 Å². The van der Waals surface area contributed by atoms with Gasteiger partial charge in [-0.15, -0.1) is 0 Å². The number of carbonyl (C=O) groups excluding carboxylic acids is 1. The van der Waals surface area contributed by atoms with Crippen LogP contribution in [-0.4, -0.2) is 54.0 Å². The summed E-state index contributed by atoms with van der Waals surface area (Å²) in [5.41, 5.74) is 0.208. The Morgan fingerprint density at radius 3 is 2.58 bits per heavy atom. The Hall–Kier alpha value is -2.22. The number of nitro groups is 1. The van der Waals surface area contributed by atoms with Crippen LogP contribution in [0.3, 0.4) is 0 Å². The number of carbonyl (C=O) groups is 1. The number of hydrogen-bond acceptors (Lipinski definition) is 5. The molecule has 2 aliphatic rings. The van der Waals surface area contributed by atoms with Crippen molar-refractivity contribution in [3.63, 3.8) is 0 Å². The number of benzene rings is 1. The van der Waals surface area contributed by atoms with Crippen molar-refractivity contribution in [3.05, 3.63) is 34.1 Å². The second-order valence-electron chi connectivity index (χ2n) is 6.37. The monoisotopic (exact) mass is 336 g/mol. The summed E-state index contributed by atoms with van der Waals surface area (Å²) >= 11 is 0. The smallest absolute Gasteiger partial charge is 0.292 e. The van der Waals surface area contributed by atoms with Crippen molar-refractivity contribution in [2.75, 3.05) is 31.1 Å². The molecule has 24 heavy (non-hydrogen) atoms. The summed E-state index contributed by atoms with van der Waals surface area (Å²) in [5, 5.41) is 14.1. The van der Waals surface area contributed by atoms with Gasteiger partial charge in [-0.05, 0) is 25.8 Å². The lowest BCUT2D eigenvalue weighted by atomic mass is 10.1. The van der Waals surface area contributed by atoms with E-state index in [1.807, 2.05) is 11.8 Å². The third kappa shape index (κ3) is 3.64. The van der Waals surface area contributed by atoms with Crippen molar-refractivity contribution in [2.24, 2.45) is 0 Å². The molecule has 1 saturated carbocycles. The number of anilines is 1. The maximum atomic E-state index is 13.5. The molecule has 2 fully saturated rings. The molecule has 1 N–H and O–H groups in total. The molecule has 0 aromatic heterocycles. The molecule has 1 unspecified atom stereocenters. The highest BCUT2D eigenvalue weighted by atomic mass is 19.1. The average molecular weight is 336 g/mol. The first-order valence-electron chi connectivity index (χ1n) is 8.19. The summed E-state index contributed by atoms with van der Waals surface area (Å²) in [7, 11) is 0. The van der Waals surface area contributed by atoms with Crippen molar-refractivity contribution in [1.29, 1.82) is 0 Å². The predicted molar refractivity (Wildman–Crippen MR) is 87.5 cm³/mol. The molecule has 1 aliphatic carbocycles. The molecule has 8 heteroatoms. The third-order valence-electron chi connectivity index (χ3n) is 4.64. The van der Waals surface area contributed by atoms with Gasteiger partial charge in [0.15, 0.2) is 0 Å². The van der Waals surface area contributed by atoms with Gasteiger partial charge in [0.25, 0.3) is 5.69 Å². The summed E-state index contributed by atoms with van der Waals surface area (Å²) in [6.45, 7) is 4.12. The van der Waals surface area contributed by atoms with Gasteiger partial charge in [0.2, 0.25) is 5.91 Å². The number of nitrogens with one attached hydrogen (secondary N) is 1. The molecule has 1 amide bonds. The van der Waals surface area contributed by atoms with Crippen molar-refractivity contribution in [3.8, 4) is 0 Å². The molecular formula is C16H21FN4O3. The van der Waals surface area contributed by atoms with Crippen molar-refractivity contribution < 1.29 is 14.1 Å². The van der Waals surface area contributed by atoms with Crippen LogP contribution in [-0.2, 0) is 4.79 Å². The second kappa shape index (κ2) is 6.72. The lowest BCUT2D eigenvalue weighted by molar-refractivity contribution is -0.384. The third-order valence-corrected chi connectivity index (χ3v) is 4.64. The van der Waals surface area contributed by atoms with E-state index in [1.54, 1.807) is 0 Å². The Morgan fingerprint density at radius 1 is 1.33 bits per heavy atom. The van der Waals surface area contributed by atoms with E-state index in [9.17, 15) is 19.3 Å². The number of amides is 1. The standard InChI is InChI=1S/C16H21FN4O3/c1-11(16(22)18-13-3-4-13)19-6-8-20(9-7-19)15-10-12(17)2-5-14(15)21(23)24/h2,5,10-11,13H,3-4,6-9H2,1H3,(H,18,22). The summed E-state index contributed by atoms with van der Waals surface area (Å²) < 4.78 is 13.5. The maximum absolute atomic E-state index is 13.5. The van der Waals surface area contributed by atoms with Crippen molar-refractivity contribution in [2.45, 2.75) is 31.8 Å². The zero-order valence-corrected chi connectivity index (χ0v) is 13.6. The van der Waals surface area contributed by atoms with Crippen LogP contribution in [0.2, 0.25) is 0 Å². The molecule has 1 aromatic rings. The molecule has 0 bridgehead atoms. The molecule has 130 valence electrons. The fourth-order valence-electron chi connectivity index (χ4n) is 2.97. The van der Waals surface area contributed by atoms with Crippen LogP contribution >= 0.6 is 0 Å². The zero-order valence-electron chi connectivity index (χ0n) is 13.6. The second-order valence-corrected chi connectivity index (χ2v) is 6.37. The lowest BCUT2D eigenvalue weighted by Crippen LogP contribution is -2.54. The Balaban J connectivity index is 1.63. The van der Waals surface area contributed by atoms with Crippen LogP contribution in [0.15, 0.2) is 18.2 Å². The summed E-state index contributed by atoms with van der Waals surface area (Å²) in [4.78, 5) is 26.6. The van der Waals surface area contributed by atoms with E-state index in [0.29, 0.717) is 37.9 Å². The van der Waals surface area contributed by atoms with Gasteiger partial charge in [0.1, 0.15) is 11.5 Å². The van der Waals surface area contributed by atoms with Gasteiger partial charge in [-0.1, -0.05) is 0 Å². The normalized spacial score (nSPS) is 19.8. The highest BCUT2D eigenvalue weighted by Crippen LogP contribution is 2.30. The van der Waals surface area contributed by atoms with E-state index in [1.165, 1.54) is 12.1 Å². The molecule has 1 atom stereocenters. The van der Waals surface area contributed by atoms with Gasteiger partial charge >= 0.3 is 0 Å². The van der Waals surface area contributed by atoms with Gasteiger partial charge < -0.3 is 10.2 Å². The fraction of sp³-hybridized carbons (Fsp3) is 0.562. The SMILES string of the molecule is CC(C(=O)NC1CC1)N1CCN(c2cc(F)ccc2[N+](=O)[O-])CC1. The number of nitro benzene ring substituents is 1. The quantitative estimate of drug-likeness (QED) is 0.651. The molecule has 1 saturated heterocycles. The Labute approximate surface area is 139 Å². The number of halogens is 1. The maximum Gasteiger partial charge on any atom is 0.292 e. The number of nitrogens with zero attached hydrogens (tertiary/aromatic N) is 3. The Bertz CT molecular complexity index is 642. The Kier molecular flexibility index (Phi) is 4.66. The summed E-state index contributed by atoms with van der Waals surface area (Å²) in [6.07, 6.45) is 2.10. The summed E-state index contributed by atoms with van der Waals surface area (Å²) in [6, 6.07) is 3.61. The van der Waals surface area contributed by atoms with Gasteiger partial charge in [0.05, 0.1) is 11.0 Å². The fourth-order valence-corrected chi connectivity index (χ4v) is 2.97. The van der Waals surface area contributed by atoms with Crippen LogP contribution in [0, 0.1) is 15.9 Å². The van der Waals surface area contributed by atoms with E-state index in [2.05, 4.69) is 10.2 Å². The molecule has 3 rings (SSSR count). The topological polar surface area (TPSA) is 78.7 Å². The van der Waals surface area contributed by atoms with E-state index < -0.39 is 10.7 Å². The van der Waals surface area contributed by atoms with Crippen LogP contribution in [0.5, 0.6) is 0 Å². The molecular weight excluding hydrogens is 315 g/mol. The van der Waals surface area contributed by atoms with Crippen LogP contribution in [0.4, 0.5) is 15.8 Å². The highest BCUT2D eigenvalue weighted by molar-refractivity contribution is 5.82. The molecule has 7 nitrogen and oxygen atoms in total. The van der Waals surface area contributed by atoms with Crippen LogP contribution in [0.25, 0.3) is 0 Å². The van der Waals surface area contributed by atoms with E-state index in [-0.39, 0.29) is 17.6 Å². The molecule has 0 radical (unpaired) electrons. The molecule has 0 spiro atoms. The van der Waals surface area contributed by atoms with Crippen LogP contribution < -0.4 is 10.2 Å². The number of hydrogen-bond donors (Lipinski definition) is 1. The first kappa shape index (κ1) is 16.6. The van der Waals surface area contributed by atoms with E-state index in [0.717, 1.165) is 18.9 Å². The van der Waals surface area contributed by atoms with Crippen molar-refractivity contribution in [1.82, 2.24) is 10.2 Å². The first-order chi connectivity index (χ1) is 11.5. The molecule has 1 aromatic carbocycles. The molecule has 1 heterocycles. The highest BCUT2D eigenvalue weighted by Gasteiger charge is 2.31. The minimum absolute atomic E-state index is 0.0303.